The highest BCUT2D eigenvalue weighted by molar-refractivity contribution is 5.84. The molecule has 0 aromatic heterocycles. The molecule has 0 unspecified atom stereocenters. The molecule has 1 aliphatic rings. The lowest BCUT2D eigenvalue weighted by atomic mass is 9.82. The molecule has 0 spiro atoms. The highest BCUT2D eigenvalue weighted by Crippen LogP contribution is 2.50. The summed E-state index contributed by atoms with van der Waals surface area (Å²) in [5, 5.41) is 0. The van der Waals surface area contributed by atoms with E-state index in [0.29, 0.717) is 0 Å². The maximum absolute atomic E-state index is 4.09. The summed E-state index contributed by atoms with van der Waals surface area (Å²) >= 11 is 0. The Morgan fingerprint density at radius 3 is 1.92 bits per heavy atom. The molecule has 1 nitrogen and oxygen atoms in total. The number of nitrogens with zero attached hydrogens (tertiary/aromatic N) is 1. The van der Waals surface area contributed by atoms with Gasteiger partial charge in [-0.05, 0) is 69.8 Å². The van der Waals surface area contributed by atoms with Crippen LogP contribution in [0.5, 0.6) is 0 Å². The number of fused-ring (bicyclic) bond motifs is 3. The van der Waals surface area contributed by atoms with Crippen LogP contribution >= 0.6 is 0 Å². The zero-order valence-corrected chi connectivity index (χ0v) is 21.8. The summed E-state index contributed by atoms with van der Waals surface area (Å²) in [6.07, 6.45) is 5.71. The zero-order valence-electron chi connectivity index (χ0n) is 21.8. The van der Waals surface area contributed by atoms with Crippen molar-refractivity contribution in [3.05, 3.63) is 145 Å². The number of allylic oxidation sites excluding steroid dienone is 3. The van der Waals surface area contributed by atoms with Crippen molar-refractivity contribution >= 4 is 11.4 Å². The van der Waals surface area contributed by atoms with Crippen LogP contribution in [0.4, 0.5) is 11.4 Å². The largest absolute Gasteiger partial charge is 0.311 e. The monoisotopic (exact) mass is 469 g/mol. The van der Waals surface area contributed by atoms with Gasteiger partial charge >= 0.3 is 0 Å². The second-order valence-electron chi connectivity index (χ2n) is 9.18. The average molecular weight is 470 g/mol. The summed E-state index contributed by atoms with van der Waals surface area (Å²) in [6.45, 7) is 16.6. The Morgan fingerprint density at radius 2 is 1.25 bits per heavy atom. The Bertz CT molecular complexity index is 1390. The predicted molar refractivity (Wildman–Crippen MR) is 158 cm³/mol. The Labute approximate surface area is 216 Å². The second kappa shape index (κ2) is 10.7. The normalized spacial score (nSPS) is 13.1. The van der Waals surface area contributed by atoms with Gasteiger partial charge in [0.2, 0.25) is 0 Å². The van der Waals surface area contributed by atoms with Crippen molar-refractivity contribution in [1.82, 2.24) is 0 Å². The molecule has 0 bridgehead atoms. The van der Waals surface area contributed by atoms with Crippen LogP contribution < -0.4 is 4.90 Å². The first-order chi connectivity index (χ1) is 17.5. The highest BCUT2D eigenvalue weighted by Gasteiger charge is 2.35. The number of rotatable bonds is 6. The minimum absolute atomic E-state index is 0.0543. The van der Waals surface area contributed by atoms with Gasteiger partial charge in [0.15, 0.2) is 0 Å². The van der Waals surface area contributed by atoms with E-state index in [-0.39, 0.29) is 5.41 Å². The van der Waals surface area contributed by atoms with Crippen LogP contribution in [0.25, 0.3) is 22.3 Å². The van der Waals surface area contributed by atoms with E-state index >= 15 is 0 Å². The number of hydrogen-bond acceptors (Lipinski definition) is 1. The van der Waals surface area contributed by atoms with Crippen LogP contribution in [0.2, 0.25) is 0 Å². The second-order valence-corrected chi connectivity index (χ2v) is 9.18. The molecule has 180 valence electrons. The smallest absolute Gasteiger partial charge is 0.0465 e. The van der Waals surface area contributed by atoms with E-state index in [0.717, 1.165) is 17.1 Å². The van der Waals surface area contributed by atoms with Crippen LogP contribution in [0.1, 0.15) is 38.8 Å². The van der Waals surface area contributed by atoms with Gasteiger partial charge in [-0.1, -0.05) is 120 Å². The third-order valence-electron chi connectivity index (χ3n) is 6.81. The summed E-state index contributed by atoms with van der Waals surface area (Å²) in [4.78, 5) is 2.25. The molecule has 4 aromatic carbocycles. The number of hydrogen-bond donors (Lipinski definition) is 0. The van der Waals surface area contributed by atoms with Crippen LogP contribution in [0.15, 0.2) is 134 Å². The predicted octanol–water partition coefficient (Wildman–Crippen LogP) is 10.1. The summed E-state index contributed by atoms with van der Waals surface area (Å²) in [6, 6.07) is 34.7. The maximum atomic E-state index is 4.09. The Morgan fingerprint density at radius 1 is 0.667 bits per heavy atom. The average Bonchev–Trinajstić information content (AvgIpc) is 3.17. The molecule has 4 aromatic rings. The zero-order chi connectivity index (χ0) is 25.7. The third-order valence-corrected chi connectivity index (χ3v) is 6.81. The van der Waals surface area contributed by atoms with E-state index < -0.39 is 0 Å². The lowest BCUT2D eigenvalue weighted by molar-refractivity contribution is 0.660. The molecule has 0 N–H and O–H groups in total. The highest BCUT2D eigenvalue weighted by atomic mass is 15.1. The Balaban J connectivity index is 0.00000148. The van der Waals surface area contributed by atoms with Crippen LogP contribution in [-0.4, -0.2) is 0 Å². The summed E-state index contributed by atoms with van der Waals surface area (Å²) in [7, 11) is 0. The molecule has 0 aliphatic heterocycles. The van der Waals surface area contributed by atoms with Gasteiger partial charge in [0.25, 0.3) is 0 Å². The SMILES string of the molecule is C=C/C=C(\C=C)N(c1ccc(-c2ccccc2)cc1)c1ccc2c(c1)C(C)(C)c1ccccc1-2.CC. The molecule has 0 heterocycles. The fraction of sp³-hybridized carbons (Fsp3) is 0.143. The topological polar surface area (TPSA) is 3.24 Å². The third kappa shape index (κ3) is 4.45. The van der Waals surface area contributed by atoms with E-state index in [1.165, 1.54) is 33.4 Å². The molecular formula is C35H35N. The Kier molecular flexibility index (Phi) is 7.41. The molecule has 0 saturated carbocycles. The van der Waals surface area contributed by atoms with Crippen LogP contribution in [-0.2, 0) is 5.41 Å². The van der Waals surface area contributed by atoms with Crippen molar-refractivity contribution in [2.45, 2.75) is 33.1 Å². The van der Waals surface area contributed by atoms with E-state index in [2.05, 4.69) is 123 Å². The standard InChI is InChI=1S/C33H29N.C2H6/c1-5-12-26(6-2)34(27-19-17-25(18-20-27)24-13-8-7-9-14-24)28-21-22-30-29-15-10-11-16-31(29)33(3,4)32(30)23-28;1-2/h5-23H,1-2H2,3-4H3;1-2H3/b26-12+;. The molecule has 0 atom stereocenters. The lowest BCUT2D eigenvalue weighted by Gasteiger charge is -2.28. The van der Waals surface area contributed by atoms with Gasteiger partial charge in [-0.25, -0.2) is 0 Å². The maximum Gasteiger partial charge on any atom is 0.0465 e. The van der Waals surface area contributed by atoms with Gasteiger partial charge in [-0.3, -0.25) is 0 Å². The van der Waals surface area contributed by atoms with E-state index in [1.807, 2.05) is 38.1 Å². The van der Waals surface area contributed by atoms with Crippen LogP contribution in [0, 0.1) is 0 Å². The Hall–Kier alpha value is -4.10. The quantitative estimate of drug-likeness (QED) is 0.254. The van der Waals surface area contributed by atoms with Crippen molar-refractivity contribution in [2.75, 3.05) is 4.90 Å². The lowest BCUT2D eigenvalue weighted by Crippen LogP contribution is -2.18. The summed E-state index contributed by atoms with van der Waals surface area (Å²) in [5.41, 5.74) is 10.9. The molecule has 1 aliphatic carbocycles. The van der Waals surface area contributed by atoms with Gasteiger partial charge in [-0.15, -0.1) is 0 Å². The van der Waals surface area contributed by atoms with Gasteiger partial charge in [0.05, 0.1) is 0 Å². The first-order valence-corrected chi connectivity index (χ1v) is 12.7. The van der Waals surface area contributed by atoms with E-state index in [9.17, 15) is 0 Å². The van der Waals surface area contributed by atoms with Crippen molar-refractivity contribution in [3.63, 3.8) is 0 Å². The minimum atomic E-state index is -0.0543. The van der Waals surface area contributed by atoms with E-state index in [1.54, 1.807) is 0 Å². The van der Waals surface area contributed by atoms with Crippen molar-refractivity contribution in [3.8, 4) is 22.3 Å². The fourth-order valence-corrected chi connectivity index (χ4v) is 5.07. The van der Waals surface area contributed by atoms with Gasteiger partial charge in [-0.2, -0.15) is 0 Å². The van der Waals surface area contributed by atoms with Gasteiger partial charge in [0, 0.05) is 22.5 Å². The van der Waals surface area contributed by atoms with Gasteiger partial charge in [0.1, 0.15) is 0 Å². The van der Waals surface area contributed by atoms with Crippen molar-refractivity contribution < 1.29 is 0 Å². The molecule has 0 amide bonds. The summed E-state index contributed by atoms with van der Waals surface area (Å²) in [5.74, 6) is 0. The molecular weight excluding hydrogens is 434 g/mol. The number of anilines is 2. The molecule has 0 radical (unpaired) electrons. The minimum Gasteiger partial charge on any atom is -0.311 e. The van der Waals surface area contributed by atoms with Gasteiger partial charge < -0.3 is 4.90 Å². The van der Waals surface area contributed by atoms with Crippen molar-refractivity contribution in [1.29, 1.82) is 0 Å². The van der Waals surface area contributed by atoms with Crippen LogP contribution in [0.3, 0.4) is 0 Å². The van der Waals surface area contributed by atoms with E-state index in [4.69, 9.17) is 0 Å². The first kappa shape index (κ1) is 25.0. The summed E-state index contributed by atoms with van der Waals surface area (Å²) < 4.78 is 0. The molecule has 36 heavy (non-hydrogen) atoms. The molecule has 0 saturated heterocycles. The number of benzene rings is 4. The fourth-order valence-electron chi connectivity index (χ4n) is 5.07. The molecule has 5 rings (SSSR count). The first-order valence-electron chi connectivity index (χ1n) is 12.7. The molecule has 1 heteroatoms. The molecule has 0 fully saturated rings. The van der Waals surface area contributed by atoms with Crippen molar-refractivity contribution in [2.24, 2.45) is 0 Å².